The highest BCUT2D eigenvalue weighted by Gasteiger charge is 2.26. The molecule has 0 spiro atoms. The van der Waals surface area contributed by atoms with E-state index in [1.807, 2.05) is 0 Å². The SMILES string of the molecule is CC(C)C(NC(=O)c1ccccc1)C(=O)OCC(=O)Nc1ccc(C(N)=O)cc1. The number of anilines is 1. The monoisotopic (exact) mass is 397 g/mol. The zero-order valence-electron chi connectivity index (χ0n) is 16.2. The lowest BCUT2D eigenvalue weighted by molar-refractivity contribution is -0.150. The van der Waals surface area contributed by atoms with Gasteiger partial charge in [-0.15, -0.1) is 0 Å². The summed E-state index contributed by atoms with van der Waals surface area (Å²) in [7, 11) is 0. The van der Waals surface area contributed by atoms with Gasteiger partial charge in [0.25, 0.3) is 11.8 Å². The van der Waals surface area contributed by atoms with Crippen LogP contribution in [0.1, 0.15) is 34.6 Å². The quantitative estimate of drug-likeness (QED) is 0.585. The number of rotatable bonds is 8. The number of amides is 3. The Labute approximate surface area is 168 Å². The zero-order chi connectivity index (χ0) is 21.4. The first-order valence-electron chi connectivity index (χ1n) is 9.00. The van der Waals surface area contributed by atoms with E-state index in [-0.39, 0.29) is 5.92 Å². The second-order valence-corrected chi connectivity index (χ2v) is 6.66. The Hall–Kier alpha value is -3.68. The maximum Gasteiger partial charge on any atom is 0.329 e. The molecule has 0 aromatic heterocycles. The van der Waals surface area contributed by atoms with Gasteiger partial charge in [0.2, 0.25) is 5.91 Å². The van der Waals surface area contributed by atoms with E-state index >= 15 is 0 Å². The lowest BCUT2D eigenvalue weighted by Crippen LogP contribution is -2.45. The van der Waals surface area contributed by atoms with Gasteiger partial charge in [-0.25, -0.2) is 4.79 Å². The van der Waals surface area contributed by atoms with E-state index in [1.54, 1.807) is 44.2 Å². The Kier molecular flexibility index (Phi) is 7.47. The minimum atomic E-state index is -0.898. The van der Waals surface area contributed by atoms with Crippen molar-refractivity contribution < 1.29 is 23.9 Å². The van der Waals surface area contributed by atoms with Crippen LogP contribution in [0.25, 0.3) is 0 Å². The van der Waals surface area contributed by atoms with Crippen LogP contribution in [0, 0.1) is 5.92 Å². The van der Waals surface area contributed by atoms with E-state index in [0.717, 1.165) is 0 Å². The van der Waals surface area contributed by atoms with Gasteiger partial charge in [0.1, 0.15) is 6.04 Å². The lowest BCUT2D eigenvalue weighted by Gasteiger charge is -2.20. The molecule has 0 bridgehead atoms. The topological polar surface area (TPSA) is 128 Å². The average molecular weight is 397 g/mol. The van der Waals surface area contributed by atoms with Gasteiger partial charge in [-0.05, 0) is 42.3 Å². The third-order valence-electron chi connectivity index (χ3n) is 4.04. The molecule has 4 N–H and O–H groups in total. The second kappa shape index (κ2) is 10.0. The smallest absolute Gasteiger partial charge is 0.329 e. The van der Waals surface area contributed by atoms with Crippen LogP contribution in [-0.4, -0.2) is 36.3 Å². The molecule has 0 saturated heterocycles. The first-order valence-corrected chi connectivity index (χ1v) is 9.00. The maximum atomic E-state index is 12.4. The fraction of sp³-hybridized carbons (Fsp3) is 0.238. The molecule has 0 aliphatic rings. The van der Waals surface area contributed by atoms with Crippen molar-refractivity contribution >= 4 is 29.4 Å². The molecule has 2 aromatic carbocycles. The van der Waals surface area contributed by atoms with Crippen molar-refractivity contribution in [2.45, 2.75) is 19.9 Å². The van der Waals surface area contributed by atoms with Gasteiger partial charge in [0.05, 0.1) is 0 Å². The highest BCUT2D eigenvalue weighted by Crippen LogP contribution is 2.10. The number of primary amides is 1. The number of nitrogens with one attached hydrogen (secondary N) is 2. The molecule has 0 heterocycles. The fourth-order valence-corrected chi connectivity index (χ4v) is 2.45. The Bertz CT molecular complexity index is 879. The third-order valence-corrected chi connectivity index (χ3v) is 4.04. The molecule has 3 amide bonds. The summed E-state index contributed by atoms with van der Waals surface area (Å²) in [6.45, 7) is 3.01. The van der Waals surface area contributed by atoms with Crippen molar-refractivity contribution in [3.63, 3.8) is 0 Å². The minimum absolute atomic E-state index is 0.237. The molecule has 0 saturated carbocycles. The molecule has 1 unspecified atom stereocenters. The van der Waals surface area contributed by atoms with Crippen LogP contribution in [0.3, 0.4) is 0 Å². The summed E-state index contributed by atoms with van der Waals surface area (Å²) in [6, 6.07) is 13.6. The predicted molar refractivity (Wildman–Crippen MR) is 107 cm³/mol. The molecule has 0 radical (unpaired) electrons. The number of nitrogens with two attached hydrogens (primary N) is 1. The highest BCUT2D eigenvalue weighted by atomic mass is 16.5. The Morgan fingerprint density at radius 2 is 1.55 bits per heavy atom. The van der Waals surface area contributed by atoms with Crippen LogP contribution < -0.4 is 16.4 Å². The number of esters is 1. The van der Waals surface area contributed by atoms with Crippen LogP contribution in [0.15, 0.2) is 54.6 Å². The first-order chi connectivity index (χ1) is 13.8. The Morgan fingerprint density at radius 3 is 2.10 bits per heavy atom. The summed E-state index contributed by atoms with van der Waals surface area (Å²) in [6.07, 6.45) is 0. The molecule has 2 aromatic rings. The van der Waals surface area contributed by atoms with E-state index in [9.17, 15) is 19.2 Å². The minimum Gasteiger partial charge on any atom is -0.454 e. The molecule has 1 atom stereocenters. The van der Waals surface area contributed by atoms with E-state index in [1.165, 1.54) is 24.3 Å². The zero-order valence-corrected chi connectivity index (χ0v) is 16.2. The van der Waals surface area contributed by atoms with Crippen molar-refractivity contribution in [2.75, 3.05) is 11.9 Å². The number of hydrogen-bond donors (Lipinski definition) is 3. The van der Waals surface area contributed by atoms with Crippen LogP contribution in [0.4, 0.5) is 5.69 Å². The number of hydrogen-bond acceptors (Lipinski definition) is 5. The van der Waals surface area contributed by atoms with Gasteiger partial charge in [-0.2, -0.15) is 0 Å². The van der Waals surface area contributed by atoms with Crippen LogP contribution in [0.2, 0.25) is 0 Å². The normalized spacial score (nSPS) is 11.4. The maximum absolute atomic E-state index is 12.4. The van der Waals surface area contributed by atoms with Crippen LogP contribution >= 0.6 is 0 Å². The summed E-state index contributed by atoms with van der Waals surface area (Å²) in [4.78, 5) is 47.7. The van der Waals surface area contributed by atoms with Gasteiger partial charge < -0.3 is 21.1 Å². The highest BCUT2D eigenvalue weighted by molar-refractivity contribution is 5.98. The van der Waals surface area contributed by atoms with E-state index in [4.69, 9.17) is 10.5 Å². The molecular formula is C21H23N3O5. The van der Waals surface area contributed by atoms with Gasteiger partial charge in [-0.3, -0.25) is 14.4 Å². The number of ether oxygens (including phenoxy) is 1. The largest absolute Gasteiger partial charge is 0.454 e. The average Bonchev–Trinajstić information content (AvgIpc) is 2.70. The first kappa shape index (κ1) is 21.6. The van der Waals surface area contributed by atoms with Gasteiger partial charge in [-0.1, -0.05) is 32.0 Å². The molecule has 0 aliphatic carbocycles. The van der Waals surface area contributed by atoms with Crippen molar-refractivity contribution in [1.29, 1.82) is 0 Å². The molecule has 8 nitrogen and oxygen atoms in total. The summed E-state index contributed by atoms with van der Waals surface area (Å²) >= 11 is 0. The van der Waals surface area contributed by atoms with E-state index in [0.29, 0.717) is 16.8 Å². The Morgan fingerprint density at radius 1 is 0.931 bits per heavy atom. The lowest BCUT2D eigenvalue weighted by atomic mass is 10.0. The number of carbonyl (C=O) groups is 4. The molecule has 0 aliphatic heterocycles. The second-order valence-electron chi connectivity index (χ2n) is 6.66. The molecule has 8 heteroatoms. The van der Waals surface area contributed by atoms with Gasteiger partial charge in [0.15, 0.2) is 6.61 Å². The van der Waals surface area contributed by atoms with Crippen LogP contribution in [-0.2, 0) is 14.3 Å². The van der Waals surface area contributed by atoms with E-state index in [2.05, 4.69) is 10.6 Å². The van der Waals surface area contributed by atoms with Crippen molar-refractivity contribution in [1.82, 2.24) is 5.32 Å². The van der Waals surface area contributed by atoms with Gasteiger partial charge in [0, 0.05) is 16.8 Å². The molecule has 2 rings (SSSR count). The summed E-state index contributed by atoms with van der Waals surface area (Å²) < 4.78 is 5.06. The number of carbonyl (C=O) groups excluding carboxylic acids is 4. The van der Waals surface area contributed by atoms with E-state index < -0.39 is 36.3 Å². The Balaban J connectivity index is 1.89. The third kappa shape index (κ3) is 6.46. The summed E-state index contributed by atoms with van der Waals surface area (Å²) in [5.41, 5.74) is 6.31. The fourth-order valence-electron chi connectivity index (χ4n) is 2.45. The van der Waals surface area contributed by atoms with Crippen molar-refractivity contribution in [3.05, 3.63) is 65.7 Å². The standard InChI is InChI=1S/C21H23N3O5/c1-13(2)18(24-20(27)15-6-4-3-5-7-15)21(28)29-12-17(25)23-16-10-8-14(9-11-16)19(22)26/h3-11,13,18H,12H2,1-2H3,(H2,22,26)(H,23,25)(H,24,27). The summed E-state index contributed by atoms with van der Waals surface area (Å²) in [5, 5.41) is 5.18. The van der Waals surface area contributed by atoms with Gasteiger partial charge >= 0.3 is 5.97 Å². The molecule has 0 fully saturated rings. The summed E-state index contributed by atoms with van der Waals surface area (Å²) in [5.74, 6) is -2.47. The molecule has 152 valence electrons. The molecule has 29 heavy (non-hydrogen) atoms. The number of benzene rings is 2. The van der Waals surface area contributed by atoms with Crippen molar-refractivity contribution in [3.8, 4) is 0 Å². The van der Waals surface area contributed by atoms with Crippen LogP contribution in [0.5, 0.6) is 0 Å². The molecular weight excluding hydrogens is 374 g/mol. The predicted octanol–water partition coefficient (Wildman–Crippen LogP) is 1.72. The van der Waals surface area contributed by atoms with Crippen molar-refractivity contribution in [2.24, 2.45) is 11.7 Å².